The molecule has 1 aromatic heterocycles. The minimum Gasteiger partial charge on any atom is -0.339 e. The first kappa shape index (κ1) is 19.2. The molecule has 6 nitrogen and oxygen atoms in total. The Hall–Kier alpha value is -3.54. The summed E-state index contributed by atoms with van der Waals surface area (Å²) >= 11 is 0. The lowest BCUT2D eigenvalue weighted by atomic mass is 10.0. The van der Waals surface area contributed by atoms with Crippen LogP contribution in [0.1, 0.15) is 53.1 Å². The maximum absolute atomic E-state index is 12.3. The Labute approximate surface area is 164 Å². The van der Waals surface area contributed by atoms with E-state index in [1.54, 1.807) is 24.3 Å². The van der Waals surface area contributed by atoms with Gasteiger partial charge in [0.05, 0.1) is 12.4 Å². The van der Waals surface area contributed by atoms with Crippen LogP contribution in [0.15, 0.2) is 60.9 Å². The fraction of sp³-hybridized carbons (Fsp3) is 0.182. The molecule has 0 saturated carbocycles. The highest BCUT2D eigenvalue weighted by molar-refractivity contribution is 6.03. The first-order valence-electron chi connectivity index (χ1n) is 9.04. The summed E-state index contributed by atoms with van der Waals surface area (Å²) in [6.45, 7) is 5.79. The van der Waals surface area contributed by atoms with Crippen LogP contribution < -0.4 is 10.6 Å². The van der Waals surface area contributed by atoms with E-state index in [4.69, 9.17) is 0 Å². The van der Waals surface area contributed by atoms with E-state index in [9.17, 15) is 9.59 Å². The maximum atomic E-state index is 12.3. The molecule has 6 heteroatoms. The van der Waals surface area contributed by atoms with Gasteiger partial charge in [-0.05, 0) is 54.8 Å². The number of benzene rings is 2. The van der Waals surface area contributed by atoms with Crippen LogP contribution in [0.3, 0.4) is 0 Å². The van der Waals surface area contributed by atoms with Crippen molar-refractivity contribution in [1.82, 2.24) is 9.97 Å². The molecule has 28 heavy (non-hydrogen) atoms. The average molecular weight is 374 g/mol. The molecular formula is C22H22N4O2. The summed E-state index contributed by atoms with van der Waals surface area (Å²) in [5.41, 5.74) is 3.55. The molecule has 0 aliphatic carbocycles. The standard InChI is InChI=1S/C22H22N4O2/c1-14(2)16-4-8-18(9-5-16)25-21-13-23-20(12-24-21)22(28)26-19-10-6-17(7-11-19)15(3)27/h4-14H,1-3H3,(H,24,25)(H,26,28). The zero-order chi connectivity index (χ0) is 20.1. The number of aromatic nitrogens is 2. The summed E-state index contributed by atoms with van der Waals surface area (Å²) in [4.78, 5) is 32.0. The molecule has 3 rings (SSSR count). The highest BCUT2D eigenvalue weighted by Crippen LogP contribution is 2.19. The van der Waals surface area contributed by atoms with Crippen molar-refractivity contribution in [3.63, 3.8) is 0 Å². The molecule has 1 amide bonds. The van der Waals surface area contributed by atoms with Gasteiger partial charge in [-0.15, -0.1) is 0 Å². The Bertz CT molecular complexity index is 963. The second-order valence-electron chi connectivity index (χ2n) is 6.78. The number of hydrogen-bond acceptors (Lipinski definition) is 5. The van der Waals surface area contributed by atoms with Crippen molar-refractivity contribution in [2.45, 2.75) is 26.7 Å². The van der Waals surface area contributed by atoms with Crippen LogP contribution in [-0.4, -0.2) is 21.7 Å². The van der Waals surface area contributed by atoms with Crippen LogP contribution in [-0.2, 0) is 0 Å². The summed E-state index contributed by atoms with van der Waals surface area (Å²) in [6, 6.07) is 14.8. The van der Waals surface area contributed by atoms with Gasteiger partial charge in [-0.25, -0.2) is 9.97 Å². The van der Waals surface area contributed by atoms with Crippen molar-refractivity contribution in [3.8, 4) is 0 Å². The summed E-state index contributed by atoms with van der Waals surface area (Å²) in [7, 11) is 0. The van der Waals surface area contributed by atoms with E-state index in [0.29, 0.717) is 23.0 Å². The topological polar surface area (TPSA) is 84.0 Å². The van der Waals surface area contributed by atoms with E-state index in [1.807, 2.05) is 12.1 Å². The third-order valence-electron chi connectivity index (χ3n) is 4.28. The second kappa shape index (κ2) is 8.43. The average Bonchev–Trinajstić information content (AvgIpc) is 2.69. The maximum Gasteiger partial charge on any atom is 0.275 e. The highest BCUT2D eigenvalue weighted by Gasteiger charge is 2.09. The number of carbonyl (C=O) groups excluding carboxylic acids is 2. The predicted molar refractivity (Wildman–Crippen MR) is 110 cm³/mol. The van der Waals surface area contributed by atoms with Crippen molar-refractivity contribution in [3.05, 3.63) is 77.7 Å². The van der Waals surface area contributed by atoms with Crippen LogP contribution in [0, 0.1) is 0 Å². The number of nitrogens with one attached hydrogen (secondary N) is 2. The van der Waals surface area contributed by atoms with Crippen LogP contribution >= 0.6 is 0 Å². The Morgan fingerprint density at radius 2 is 1.50 bits per heavy atom. The molecule has 3 aromatic rings. The van der Waals surface area contributed by atoms with Crippen molar-refractivity contribution in [1.29, 1.82) is 0 Å². The van der Waals surface area contributed by atoms with E-state index < -0.39 is 0 Å². The molecule has 0 aliphatic rings. The SMILES string of the molecule is CC(=O)c1ccc(NC(=O)c2cnc(Nc3ccc(C(C)C)cc3)cn2)cc1. The molecule has 0 radical (unpaired) electrons. The van der Waals surface area contributed by atoms with E-state index in [1.165, 1.54) is 24.9 Å². The van der Waals surface area contributed by atoms with Gasteiger partial charge < -0.3 is 10.6 Å². The number of carbonyl (C=O) groups is 2. The Morgan fingerprint density at radius 3 is 2.04 bits per heavy atom. The lowest BCUT2D eigenvalue weighted by molar-refractivity contribution is 0.101. The van der Waals surface area contributed by atoms with Crippen molar-refractivity contribution in [2.24, 2.45) is 0 Å². The number of hydrogen-bond donors (Lipinski definition) is 2. The number of ketones is 1. The number of anilines is 3. The quantitative estimate of drug-likeness (QED) is 0.606. The van der Waals surface area contributed by atoms with Crippen molar-refractivity contribution >= 4 is 28.9 Å². The molecule has 0 unspecified atom stereocenters. The molecule has 0 atom stereocenters. The normalized spacial score (nSPS) is 10.6. The lowest BCUT2D eigenvalue weighted by Crippen LogP contribution is -2.14. The van der Waals surface area contributed by atoms with E-state index in [2.05, 4.69) is 46.6 Å². The van der Waals surface area contributed by atoms with Crippen LogP contribution in [0.5, 0.6) is 0 Å². The van der Waals surface area contributed by atoms with Gasteiger partial charge in [-0.1, -0.05) is 26.0 Å². The van der Waals surface area contributed by atoms with Crippen LogP contribution in [0.25, 0.3) is 0 Å². The fourth-order valence-electron chi connectivity index (χ4n) is 2.59. The van der Waals surface area contributed by atoms with Gasteiger partial charge in [0.25, 0.3) is 5.91 Å². The minimum absolute atomic E-state index is 0.0225. The molecule has 1 heterocycles. The predicted octanol–water partition coefficient (Wildman–Crippen LogP) is 4.80. The second-order valence-corrected chi connectivity index (χ2v) is 6.78. The highest BCUT2D eigenvalue weighted by atomic mass is 16.2. The Balaban J connectivity index is 1.63. The van der Waals surface area contributed by atoms with Gasteiger partial charge in [0.1, 0.15) is 11.5 Å². The number of amides is 1. The monoisotopic (exact) mass is 374 g/mol. The van der Waals surface area contributed by atoms with Crippen molar-refractivity contribution < 1.29 is 9.59 Å². The summed E-state index contributed by atoms with van der Waals surface area (Å²) < 4.78 is 0. The smallest absolute Gasteiger partial charge is 0.275 e. The molecular weight excluding hydrogens is 352 g/mol. The van der Waals surface area contributed by atoms with Crippen molar-refractivity contribution in [2.75, 3.05) is 10.6 Å². The van der Waals surface area contributed by atoms with Gasteiger partial charge in [-0.3, -0.25) is 9.59 Å². The van der Waals surface area contributed by atoms with Gasteiger partial charge >= 0.3 is 0 Å². The van der Waals surface area contributed by atoms with Crippen LogP contribution in [0.2, 0.25) is 0 Å². The summed E-state index contributed by atoms with van der Waals surface area (Å²) in [5, 5.41) is 5.90. The lowest BCUT2D eigenvalue weighted by Gasteiger charge is -2.09. The van der Waals surface area contributed by atoms with E-state index in [-0.39, 0.29) is 17.4 Å². The molecule has 2 aromatic carbocycles. The first-order valence-corrected chi connectivity index (χ1v) is 9.04. The van der Waals surface area contributed by atoms with Crippen LogP contribution in [0.4, 0.5) is 17.2 Å². The van der Waals surface area contributed by atoms with E-state index in [0.717, 1.165) is 5.69 Å². The molecule has 0 bridgehead atoms. The fourth-order valence-corrected chi connectivity index (χ4v) is 2.59. The third kappa shape index (κ3) is 4.79. The third-order valence-corrected chi connectivity index (χ3v) is 4.28. The zero-order valence-electron chi connectivity index (χ0n) is 16.1. The summed E-state index contributed by atoms with van der Waals surface area (Å²) in [5.74, 6) is 0.645. The largest absolute Gasteiger partial charge is 0.339 e. The number of rotatable bonds is 6. The number of Topliss-reactive ketones (excluding diaryl/α,β-unsaturated/α-hetero) is 1. The molecule has 0 aliphatic heterocycles. The zero-order valence-corrected chi connectivity index (χ0v) is 16.1. The Kier molecular flexibility index (Phi) is 5.79. The molecule has 0 spiro atoms. The first-order chi connectivity index (χ1) is 13.4. The molecule has 142 valence electrons. The van der Waals surface area contributed by atoms with Gasteiger partial charge in [-0.2, -0.15) is 0 Å². The van der Waals surface area contributed by atoms with Gasteiger partial charge in [0, 0.05) is 16.9 Å². The summed E-state index contributed by atoms with van der Waals surface area (Å²) in [6.07, 6.45) is 2.94. The minimum atomic E-state index is -0.365. The Morgan fingerprint density at radius 1 is 0.857 bits per heavy atom. The molecule has 0 saturated heterocycles. The number of nitrogens with zero attached hydrogens (tertiary/aromatic N) is 2. The van der Waals surface area contributed by atoms with E-state index >= 15 is 0 Å². The van der Waals surface area contributed by atoms with Gasteiger partial charge in [0.2, 0.25) is 0 Å². The molecule has 0 fully saturated rings. The van der Waals surface area contributed by atoms with Gasteiger partial charge in [0.15, 0.2) is 5.78 Å². The molecule has 2 N–H and O–H groups in total.